The van der Waals surface area contributed by atoms with E-state index in [0.717, 1.165) is 5.56 Å². The van der Waals surface area contributed by atoms with E-state index in [4.69, 9.17) is 5.73 Å². The van der Waals surface area contributed by atoms with Crippen molar-refractivity contribution in [3.05, 3.63) is 40.1 Å². The van der Waals surface area contributed by atoms with Crippen molar-refractivity contribution < 1.29 is 8.42 Å². The molecule has 0 saturated heterocycles. The second-order valence-corrected chi connectivity index (χ2v) is 7.45. The minimum Gasteiger partial charge on any atom is -0.398 e. The molecule has 0 aliphatic carbocycles. The summed E-state index contributed by atoms with van der Waals surface area (Å²) in [7, 11) is -3.60. The van der Waals surface area contributed by atoms with Crippen molar-refractivity contribution >= 4 is 31.6 Å². The number of nitrogens with two attached hydrogens (primary N) is 1. The Balaban J connectivity index is 2.12. The number of hydrogen-bond donors (Lipinski definition) is 2. The van der Waals surface area contributed by atoms with Crippen molar-refractivity contribution in [2.75, 3.05) is 12.3 Å². The lowest BCUT2D eigenvalue weighted by atomic mass is 10.2. The second-order valence-electron chi connectivity index (χ2n) is 4.80. The topological polar surface area (TPSA) is 90.0 Å². The first-order valence-corrected chi connectivity index (χ1v) is 8.61. The lowest BCUT2D eigenvalue weighted by Crippen LogP contribution is -2.28. The summed E-state index contributed by atoms with van der Waals surface area (Å²) >= 11 is 3.26. The van der Waals surface area contributed by atoms with Gasteiger partial charge in [-0.15, -0.1) is 0 Å². The van der Waals surface area contributed by atoms with E-state index in [1.807, 2.05) is 13.1 Å². The summed E-state index contributed by atoms with van der Waals surface area (Å²) in [6.45, 7) is 4.35. The fourth-order valence-corrected chi connectivity index (χ4v) is 3.86. The number of benzene rings is 1. The molecule has 114 valence electrons. The smallest absolute Gasteiger partial charge is 0.241 e. The summed E-state index contributed by atoms with van der Waals surface area (Å²) in [4.78, 5) is 0.186. The summed E-state index contributed by atoms with van der Waals surface area (Å²) in [6, 6.07) is 3.23. The number of nitrogens with one attached hydrogen (secondary N) is 1. The monoisotopic (exact) mass is 372 g/mol. The third kappa shape index (κ3) is 3.84. The molecular weight excluding hydrogens is 356 g/mol. The predicted molar refractivity (Wildman–Crippen MR) is 85.4 cm³/mol. The number of aromatic nitrogens is 2. The van der Waals surface area contributed by atoms with Crippen LogP contribution in [0.1, 0.15) is 11.1 Å². The predicted octanol–water partition coefficient (Wildman–Crippen LogP) is 1.82. The lowest BCUT2D eigenvalue weighted by Gasteiger charge is -2.11. The molecule has 0 atom stereocenters. The molecule has 6 nitrogen and oxygen atoms in total. The molecule has 21 heavy (non-hydrogen) atoms. The Labute approximate surface area is 132 Å². The van der Waals surface area contributed by atoms with Gasteiger partial charge in [0.1, 0.15) is 0 Å². The lowest BCUT2D eigenvalue weighted by molar-refractivity contribution is 0.560. The average molecular weight is 373 g/mol. The van der Waals surface area contributed by atoms with Crippen LogP contribution in [0, 0.1) is 13.8 Å². The summed E-state index contributed by atoms with van der Waals surface area (Å²) in [6.07, 6.45) is 3.59. The van der Waals surface area contributed by atoms with Gasteiger partial charge >= 0.3 is 0 Å². The molecule has 0 saturated carbocycles. The SMILES string of the molecule is Cc1cnn(CCNS(=O)(=O)c2cc(Br)cc(N)c2C)c1. The van der Waals surface area contributed by atoms with Crippen molar-refractivity contribution in [3.63, 3.8) is 0 Å². The van der Waals surface area contributed by atoms with Gasteiger partial charge in [0.25, 0.3) is 0 Å². The zero-order chi connectivity index (χ0) is 15.6. The van der Waals surface area contributed by atoms with Crippen LogP contribution in [0.5, 0.6) is 0 Å². The van der Waals surface area contributed by atoms with E-state index in [-0.39, 0.29) is 11.4 Å². The Bertz CT molecular complexity index is 756. The number of nitrogen functional groups attached to an aromatic ring is 1. The Kier molecular flexibility index (Phi) is 4.70. The molecule has 0 radical (unpaired) electrons. The zero-order valence-electron chi connectivity index (χ0n) is 11.8. The Hall–Kier alpha value is -1.38. The van der Waals surface area contributed by atoms with Gasteiger partial charge in [-0.3, -0.25) is 4.68 Å². The molecule has 0 amide bonds. The van der Waals surface area contributed by atoms with Gasteiger partial charge in [-0.1, -0.05) is 15.9 Å². The van der Waals surface area contributed by atoms with Gasteiger partial charge in [-0.25, -0.2) is 13.1 Å². The third-order valence-corrected chi connectivity index (χ3v) is 5.09. The maximum absolute atomic E-state index is 12.3. The molecule has 0 aliphatic rings. The summed E-state index contributed by atoms with van der Waals surface area (Å²) in [5.41, 5.74) is 7.82. The molecule has 8 heteroatoms. The molecule has 0 unspecified atom stereocenters. The number of rotatable bonds is 5. The third-order valence-electron chi connectivity index (χ3n) is 3.05. The molecular formula is C13H17BrN4O2S. The van der Waals surface area contributed by atoms with Gasteiger partial charge < -0.3 is 5.73 Å². The van der Waals surface area contributed by atoms with Crippen LogP contribution in [0.3, 0.4) is 0 Å². The summed E-state index contributed by atoms with van der Waals surface area (Å²) in [5.74, 6) is 0. The molecule has 1 aromatic carbocycles. The van der Waals surface area contributed by atoms with E-state index in [9.17, 15) is 8.42 Å². The van der Waals surface area contributed by atoms with Crippen molar-refractivity contribution in [1.82, 2.24) is 14.5 Å². The Morgan fingerprint density at radius 1 is 1.38 bits per heavy atom. The van der Waals surface area contributed by atoms with Crippen molar-refractivity contribution in [2.45, 2.75) is 25.3 Å². The van der Waals surface area contributed by atoms with Crippen molar-refractivity contribution in [1.29, 1.82) is 0 Å². The highest BCUT2D eigenvalue weighted by atomic mass is 79.9. The van der Waals surface area contributed by atoms with Crippen LogP contribution in [0.25, 0.3) is 0 Å². The number of anilines is 1. The van der Waals surface area contributed by atoms with E-state index in [2.05, 4.69) is 25.8 Å². The molecule has 2 aromatic rings. The Morgan fingerprint density at radius 2 is 2.10 bits per heavy atom. The minimum atomic E-state index is -3.60. The first kappa shape index (κ1) is 16.0. The van der Waals surface area contributed by atoms with E-state index >= 15 is 0 Å². The van der Waals surface area contributed by atoms with Crippen LogP contribution in [-0.2, 0) is 16.6 Å². The highest BCUT2D eigenvalue weighted by Gasteiger charge is 2.18. The van der Waals surface area contributed by atoms with E-state index < -0.39 is 10.0 Å². The van der Waals surface area contributed by atoms with Crippen LogP contribution in [0.4, 0.5) is 5.69 Å². The number of halogens is 1. The van der Waals surface area contributed by atoms with Crippen LogP contribution in [0.15, 0.2) is 33.9 Å². The van der Waals surface area contributed by atoms with E-state index in [0.29, 0.717) is 22.3 Å². The molecule has 0 aliphatic heterocycles. The summed E-state index contributed by atoms with van der Waals surface area (Å²) in [5, 5.41) is 4.11. The first-order chi connectivity index (χ1) is 9.79. The van der Waals surface area contributed by atoms with Crippen LogP contribution < -0.4 is 10.5 Å². The minimum absolute atomic E-state index is 0.186. The quantitative estimate of drug-likeness (QED) is 0.783. The molecule has 0 fully saturated rings. The van der Waals surface area contributed by atoms with Gasteiger partial charge in [0, 0.05) is 22.9 Å². The molecule has 2 rings (SSSR count). The van der Waals surface area contributed by atoms with Crippen LogP contribution in [-0.4, -0.2) is 24.7 Å². The van der Waals surface area contributed by atoms with E-state index in [1.54, 1.807) is 29.9 Å². The average Bonchev–Trinajstić information content (AvgIpc) is 2.79. The second kappa shape index (κ2) is 6.17. The van der Waals surface area contributed by atoms with Gasteiger partial charge in [0.15, 0.2) is 0 Å². The standard InChI is InChI=1S/C13H17BrN4O2S/c1-9-7-16-18(8-9)4-3-17-21(19,20)13-6-11(14)5-12(15)10(13)2/h5-8,17H,3-4,15H2,1-2H3. The van der Waals surface area contributed by atoms with Crippen LogP contribution >= 0.6 is 15.9 Å². The highest BCUT2D eigenvalue weighted by Crippen LogP contribution is 2.26. The number of sulfonamides is 1. The molecule has 1 heterocycles. The molecule has 0 bridgehead atoms. The van der Waals surface area contributed by atoms with Crippen LogP contribution in [0.2, 0.25) is 0 Å². The zero-order valence-corrected chi connectivity index (χ0v) is 14.2. The molecule has 0 spiro atoms. The number of aryl methyl sites for hydroxylation is 1. The van der Waals surface area contributed by atoms with E-state index in [1.165, 1.54) is 0 Å². The highest BCUT2D eigenvalue weighted by molar-refractivity contribution is 9.10. The maximum Gasteiger partial charge on any atom is 0.241 e. The maximum atomic E-state index is 12.3. The largest absolute Gasteiger partial charge is 0.398 e. The van der Waals surface area contributed by atoms with Crippen molar-refractivity contribution in [2.24, 2.45) is 0 Å². The first-order valence-electron chi connectivity index (χ1n) is 6.34. The van der Waals surface area contributed by atoms with Gasteiger partial charge in [0.05, 0.1) is 17.6 Å². The number of nitrogens with zero attached hydrogens (tertiary/aromatic N) is 2. The summed E-state index contributed by atoms with van der Waals surface area (Å²) < 4.78 is 29.6. The number of hydrogen-bond acceptors (Lipinski definition) is 4. The Morgan fingerprint density at radius 3 is 2.71 bits per heavy atom. The molecule has 1 aromatic heterocycles. The van der Waals surface area contributed by atoms with Gasteiger partial charge in [0.2, 0.25) is 10.0 Å². The fourth-order valence-electron chi connectivity index (χ4n) is 1.91. The van der Waals surface area contributed by atoms with Gasteiger partial charge in [-0.2, -0.15) is 5.10 Å². The molecule has 3 N–H and O–H groups in total. The van der Waals surface area contributed by atoms with Gasteiger partial charge in [-0.05, 0) is 37.1 Å². The fraction of sp³-hybridized carbons (Fsp3) is 0.308. The van der Waals surface area contributed by atoms with Crippen molar-refractivity contribution in [3.8, 4) is 0 Å². The normalized spacial score (nSPS) is 11.8.